The number of nitrogens with one attached hydrogen (secondary N) is 1. The number of hydrogen-bond acceptors (Lipinski definition) is 2. The maximum Gasteiger partial charge on any atom is 0.229 e. The lowest BCUT2D eigenvalue weighted by atomic mass is 10.1. The van der Waals surface area contributed by atoms with Gasteiger partial charge < -0.3 is 10.2 Å². The molecule has 0 saturated carbocycles. The molecule has 0 aliphatic carbocycles. The number of amides is 2. The van der Waals surface area contributed by atoms with Crippen molar-refractivity contribution in [1.82, 2.24) is 0 Å². The number of hydrogen-bond donors (Lipinski definition) is 1. The van der Waals surface area contributed by atoms with E-state index >= 15 is 0 Å². The van der Waals surface area contributed by atoms with Gasteiger partial charge in [-0.2, -0.15) is 0 Å². The summed E-state index contributed by atoms with van der Waals surface area (Å²) in [4.78, 5) is 26.6. The van der Waals surface area contributed by atoms with Gasteiger partial charge in [0, 0.05) is 29.4 Å². The third-order valence-electron chi connectivity index (χ3n) is 4.60. The molecule has 130 valence electrons. The fraction of sp³-hybridized carbons (Fsp3) is 0.300. The van der Waals surface area contributed by atoms with Crippen molar-refractivity contribution in [3.05, 3.63) is 58.1 Å². The molecule has 1 fully saturated rings. The summed E-state index contributed by atoms with van der Waals surface area (Å²) in [6.07, 6.45) is 0.211. The van der Waals surface area contributed by atoms with Crippen molar-refractivity contribution in [2.75, 3.05) is 16.8 Å². The molecule has 1 saturated heterocycles. The Morgan fingerprint density at radius 3 is 2.56 bits per heavy atom. The molecule has 4 nitrogen and oxygen atoms in total. The SMILES string of the molecule is Cc1ccc(NC(=O)C2CC(=O)N(c3ccc(C)c(Cl)c3)C2)c(C)c1. The van der Waals surface area contributed by atoms with Crippen LogP contribution >= 0.6 is 11.6 Å². The van der Waals surface area contributed by atoms with Crippen LogP contribution < -0.4 is 10.2 Å². The van der Waals surface area contributed by atoms with E-state index in [9.17, 15) is 9.59 Å². The molecule has 25 heavy (non-hydrogen) atoms. The quantitative estimate of drug-likeness (QED) is 0.893. The van der Waals surface area contributed by atoms with Crippen molar-refractivity contribution in [3.8, 4) is 0 Å². The van der Waals surface area contributed by atoms with Gasteiger partial charge in [0.1, 0.15) is 0 Å². The van der Waals surface area contributed by atoms with E-state index in [1.807, 2.05) is 51.1 Å². The van der Waals surface area contributed by atoms with Gasteiger partial charge in [-0.1, -0.05) is 35.4 Å². The van der Waals surface area contributed by atoms with Crippen molar-refractivity contribution in [2.45, 2.75) is 27.2 Å². The lowest BCUT2D eigenvalue weighted by Crippen LogP contribution is -2.28. The second kappa shape index (κ2) is 6.89. The predicted molar refractivity (Wildman–Crippen MR) is 101 cm³/mol. The number of carbonyl (C=O) groups is 2. The van der Waals surface area contributed by atoms with Crippen LogP contribution in [0.2, 0.25) is 5.02 Å². The zero-order chi connectivity index (χ0) is 18.1. The van der Waals surface area contributed by atoms with Gasteiger partial charge in [-0.05, 0) is 50.1 Å². The summed E-state index contributed by atoms with van der Waals surface area (Å²) >= 11 is 6.16. The molecule has 5 heteroatoms. The average molecular weight is 357 g/mol. The molecule has 2 aromatic carbocycles. The summed E-state index contributed by atoms with van der Waals surface area (Å²) in [5.74, 6) is -0.546. The van der Waals surface area contributed by atoms with E-state index in [1.54, 1.807) is 11.0 Å². The molecular weight excluding hydrogens is 336 g/mol. The van der Waals surface area contributed by atoms with Gasteiger partial charge in [-0.25, -0.2) is 0 Å². The molecule has 0 aromatic heterocycles. The average Bonchev–Trinajstić information content (AvgIpc) is 2.95. The third kappa shape index (κ3) is 3.69. The highest BCUT2D eigenvalue weighted by molar-refractivity contribution is 6.31. The van der Waals surface area contributed by atoms with Crippen LogP contribution in [-0.4, -0.2) is 18.4 Å². The first-order chi connectivity index (χ1) is 11.8. The lowest BCUT2D eigenvalue weighted by molar-refractivity contribution is -0.122. The summed E-state index contributed by atoms with van der Waals surface area (Å²) in [5, 5.41) is 3.57. The highest BCUT2D eigenvalue weighted by Crippen LogP contribution is 2.29. The molecule has 0 bridgehead atoms. The Labute approximate surface area is 152 Å². The minimum absolute atomic E-state index is 0.0549. The van der Waals surface area contributed by atoms with Gasteiger partial charge in [0.25, 0.3) is 0 Å². The molecule has 0 spiro atoms. The molecule has 0 radical (unpaired) electrons. The van der Waals surface area contributed by atoms with Gasteiger partial charge in [0.05, 0.1) is 5.92 Å². The maximum absolute atomic E-state index is 12.6. The highest BCUT2D eigenvalue weighted by Gasteiger charge is 2.35. The van der Waals surface area contributed by atoms with Gasteiger partial charge in [0.15, 0.2) is 0 Å². The van der Waals surface area contributed by atoms with Gasteiger partial charge >= 0.3 is 0 Å². The minimum Gasteiger partial charge on any atom is -0.326 e. The summed E-state index contributed by atoms with van der Waals surface area (Å²) in [6, 6.07) is 11.4. The molecule has 1 N–H and O–H groups in total. The Kier molecular flexibility index (Phi) is 4.82. The molecule has 1 unspecified atom stereocenters. The van der Waals surface area contributed by atoms with Gasteiger partial charge in [-0.3, -0.25) is 9.59 Å². The third-order valence-corrected chi connectivity index (χ3v) is 5.01. The number of anilines is 2. The standard InChI is InChI=1S/C20H21ClN2O2/c1-12-4-7-18(14(3)8-12)22-20(25)15-9-19(24)23(11-15)16-6-5-13(2)17(21)10-16/h4-8,10,15H,9,11H2,1-3H3,(H,22,25). The van der Waals surface area contributed by atoms with Crippen LogP contribution in [0, 0.1) is 26.7 Å². The lowest BCUT2D eigenvalue weighted by Gasteiger charge is -2.18. The number of rotatable bonds is 3. The second-order valence-electron chi connectivity index (χ2n) is 6.65. The molecule has 1 atom stereocenters. The fourth-order valence-corrected chi connectivity index (χ4v) is 3.25. The van der Waals surface area contributed by atoms with E-state index in [4.69, 9.17) is 11.6 Å². The Bertz CT molecular complexity index is 848. The topological polar surface area (TPSA) is 49.4 Å². The summed E-state index contributed by atoms with van der Waals surface area (Å²) in [6.45, 7) is 6.26. The van der Waals surface area contributed by atoms with Crippen molar-refractivity contribution in [1.29, 1.82) is 0 Å². The predicted octanol–water partition coefficient (Wildman–Crippen LogP) is 4.26. The Balaban J connectivity index is 1.73. The number of nitrogens with zero attached hydrogens (tertiary/aromatic N) is 1. The summed E-state index contributed by atoms with van der Waals surface area (Å²) in [7, 11) is 0. The smallest absolute Gasteiger partial charge is 0.229 e. The number of carbonyl (C=O) groups excluding carboxylic acids is 2. The minimum atomic E-state index is -0.367. The van der Waals surface area contributed by atoms with Crippen LogP contribution in [0.1, 0.15) is 23.1 Å². The summed E-state index contributed by atoms with van der Waals surface area (Å²) < 4.78 is 0. The fourth-order valence-electron chi connectivity index (χ4n) is 3.07. The van der Waals surface area contributed by atoms with Crippen molar-refractivity contribution >= 4 is 34.8 Å². The van der Waals surface area contributed by atoms with Crippen LogP contribution in [0.15, 0.2) is 36.4 Å². The van der Waals surface area contributed by atoms with E-state index in [0.29, 0.717) is 11.6 Å². The largest absolute Gasteiger partial charge is 0.326 e. The first kappa shape index (κ1) is 17.5. The second-order valence-corrected chi connectivity index (χ2v) is 7.05. The molecule has 2 aromatic rings. The van der Waals surface area contributed by atoms with Crippen molar-refractivity contribution in [3.63, 3.8) is 0 Å². The monoisotopic (exact) mass is 356 g/mol. The van der Waals surface area contributed by atoms with Crippen LogP contribution in [0.3, 0.4) is 0 Å². The maximum atomic E-state index is 12.6. The Morgan fingerprint density at radius 2 is 1.88 bits per heavy atom. The molecule has 2 amide bonds. The van der Waals surface area contributed by atoms with E-state index < -0.39 is 0 Å². The zero-order valence-electron chi connectivity index (χ0n) is 14.6. The van der Waals surface area contributed by atoms with E-state index in [2.05, 4.69) is 5.32 Å². The number of aryl methyl sites for hydroxylation is 3. The van der Waals surface area contributed by atoms with Crippen molar-refractivity contribution in [2.24, 2.45) is 5.92 Å². The number of benzene rings is 2. The molecular formula is C20H21ClN2O2. The highest BCUT2D eigenvalue weighted by atomic mass is 35.5. The van der Waals surface area contributed by atoms with Crippen LogP contribution in [0.25, 0.3) is 0 Å². The Hall–Kier alpha value is -2.33. The van der Waals surface area contributed by atoms with E-state index in [-0.39, 0.29) is 24.2 Å². The normalized spacial score (nSPS) is 17.0. The van der Waals surface area contributed by atoms with Crippen LogP contribution in [-0.2, 0) is 9.59 Å². The molecule has 1 aliphatic heterocycles. The first-order valence-electron chi connectivity index (χ1n) is 8.30. The van der Waals surface area contributed by atoms with Gasteiger partial charge in [0.2, 0.25) is 11.8 Å². The van der Waals surface area contributed by atoms with Crippen LogP contribution in [0.4, 0.5) is 11.4 Å². The number of halogens is 1. The van der Waals surface area contributed by atoms with E-state index in [0.717, 1.165) is 28.1 Å². The van der Waals surface area contributed by atoms with Gasteiger partial charge in [-0.15, -0.1) is 0 Å². The van der Waals surface area contributed by atoms with Crippen LogP contribution in [0.5, 0.6) is 0 Å². The van der Waals surface area contributed by atoms with E-state index in [1.165, 1.54) is 0 Å². The first-order valence-corrected chi connectivity index (χ1v) is 8.67. The molecule has 3 rings (SSSR count). The Morgan fingerprint density at radius 1 is 1.12 bits per heavy atom. The summed E-state index contributed by atoms with van der Waals surface area (Å²) in [5.41, 5.74) is 4.65. The van der Waals surface area contributed by atoms with Crippen molar-refractivity contribution < 1.29 is 9.59 Å². The molecule has 1 aliphatic rings. The zero-order valence-corrected chi connectivity index (χ0v) is 15.4. The molecule has 1 heterocycles.